The van der Waals surface area contributed by atoms with Gasteiger partial charge in [0.05, 0.1) is 18.2 Å². The number of benzene rings is 2. The quantitative estimate of drug-likeness (QED) is 0.877. The van der Waals surface area contributed by atoms with Gasteiger partial charge in [0.15, 0.2) is 0 Å². The lowest BCUT2D eigenvalue weighted by Crippen LogP contribution is -2.38. The fraction of sp³-hybridized carbons (Fsp3) is 0.188. The van der Waals surface area contributed by atoms with Crippen LogP contribution in [0, 0.1) is 0 Å². The van der Waals surface area contributed by atoms with E-state index in [2.05, 4.69) is 10.1 Å². The lowest BCUT2D eigenvalue weighted by Gasteiger charge is -2.13. The van der Waals surface area contributed by atoms with Crippen molar-refractivity contribution in [1.82, 2.24) is 10.2 Å². The number of methoxy groups -OCH3 is 1. The molecule has 3 amide bonds. The third kappa shape index (κ3) is 2.28. The zero-order chi connectivity index (χ0) is 15.7. The summed E-state index contributed by atoms with van der Waals surface area (Å²) >= 11 is 0. The normalized spacial score (nSPS) is 13.4. The van der Waals surface area contributed by atoms with Gasteiger partial charge < -0.3 is 10.1 Å². The summed E-state index contributed by atoms with van der Waals surface area (Å²) in [6.07, 6.45) is -0.595. The zero-order valence-electron chi connectivity index (χ0n) is 12.0. The molecule has 1 aliphatic rings. The summed E-state index contributed by atoms with van der Waals surface area (Å²) in [7, 11) is 1.25. The molecule has 1 aliphatic heterocycles. The van der Waals surface area contributed by atoms with E-state index in [-0.39, 0.29) is 24.9 Å². The molecule has 0 unspecified atom stereocenters. The van der Waals surface area contributed by atoms with E-state index in [0.29, 0.717) is 11.1 Å². The van der Waals surface area contributed by atoms with Crippen molar-refractivity contribution >= 4 is 28.7 Å². The highest BCUT2D eigenvalue weighted by Gasteiger charge is 2.35. The molecule has 22 heavy (non-hydrogen) atoms. The Morgan fingerprint density at radius 1 is 1.09 bits per heavy atom. The molecule has 3 rings (SSSR count). The summed E-state index contributed by atoms with van der Waals surface area (Å²) in [6.45, 7) is 0.259. The second kappa shape index (κ2) is 5.48. The van der Waals surface area contributed by atoms with Crippen LogP contribution in [0.3, 0.4) is 0 Å². The summed E-state index contributed by atoms with van der Waals surface area (Å²) in [6, 6.07) is 11.0. The molecule has 0 spiro atoms. The van der Waals surface area contributed by atoms with Gasteiger partial charge in [-0.25, -0.2) is 4.79 Å². The Kier molecular flexibility index (Phi) is 3.50. The fourth-order valence-corrected chi connectivity index (χ4v) is 2.52. The fourth-order valence-electron chi connectivity index (χ4n) is 2.52. The van der Waals surface area contributed by atoms with Gasteiger partial charge in [0.25, 0.3) is 11.8 Å². The number of ether oxygens (including phenoxy) is 1. The topological polar surface area (TPSA) is 75.7 Å². The molecule has 0 atom stereocenters. The SMILES string of the molecule is COC(=O)NCCN1C(=O)c2cc3ccccc3cc2C1=O. The molecule has 0 saturated carbocycles. The third-order valence-corrected chi connectivity index (χ3v) is 3.63. The summed E-state index contributed by atoms with van der Waals surface area (Å²) in [5, 5.41) is 4.28. The average Bonchev–Trinajstić information content (AvgIpc) is 2.77. The number of carbonyl (C=O) groups excluding carboxylic acids is 3. The van der Waals surface area contributed by atoms with E-state index in [1.54, 1.807) is 12.1 Å². The monoisotopic (exact) mass is 298 g/mol. The first-order valence-corrected chi connectivity index (χ1v) is 6.82. The lowest BCUT2D eigenvalue weighted by molar-refractivity contribution is 0.0653. The van der Waals surface area contributed by atoms with Crippen LogP contribution in [0.5, 0.6) is 0 Å². The van der Waals surface area contributed by atoms with Gasteiger partial charge in [-0.15, -0.1) is 0 Å². The molecule has 1 N–H and O–H groups in total. The average molecular weight is 298 g/mol. The molecular formula is C16H14N2O4. The number of rotatable bonds is 3. The molecule has 0 aliphatic carbocycles. The minimum absolute atomic E-state index is 0.109. The standard InChI is InChI=1S/C16H14N2O4/c1-22-16(21)17-6-7-18-14(19)12-8-10-4-2-3-5-11(10)9-13(12)15(18)20/h2-5,8-9H,6-7H2,1H3,(H,17,21). The molecule has 1 heterocycles. The number of hydrogen-bond donors (Lipinski definition) is 1. The molecule has 6 nitrogen and oxygen atoms in total. The number of fused-ring (bicyclic) bond motifs is 2. The van der Waals surface area contributed by atoms with Crippen LogP contribution >= 0.6 is 0 Å². The van der Waals surface area contributed by atoms with Crippen LogP contribution in [0.25, 0.3) is 10.8 Å². The largest absolute Gasteiger partial charge is 0.453 e. The summed E-state index contributed by atoms with van der Waals surface area (Å²) in [4.78, 5) is 36.9. The number of carbonyl (C=O) groups is 3. The van der Waals surface area contributed by atoms with Gasteiger partial charge in [-0.3, -0.25) is 14.5 Å². The van der Waals surface area contributed by atoms with Gasteiger partial charge in [0.1, 0.15) is 0 Å². The van der Waals surface area contributed by atoms with Gasteiger partial charge in [-0.05, 0) is 22.9 Å². The van der Waals surface area contributed by atoms with Crippen molar-refractivity contribution in [3.05, 3.63) is 47.5 Å². The maximum Gasteiger partial charge on any atom is 0.406 e. The molecule has 6 heteroatoms. The number of hydrogen-bond acceptors (Lipinski definition) is 4. The molecular weight excluding hydrogens is 284 g/mol. The van der Waals surface area contributed by atoms with Crippen LogP contribution in [-0.4, -0.2) is 43.0 Å². The van der Waals surface area contributed by atoms with Crippen LogP contribution in [0.2, 0.25) is 0 Å². The Balaban J connectivity index is 1.85. The number of imide groups is 1. The predicted octanol–water partition coefficient (Wildman–Crippen LogP) is 1.79. The van der Waals surface area contributed by atoms with Crippen molar-refractivity contribution in [1.29, 1.82) is 0 Å². The van der Waals surface area contributed by atoms with Crippen molar-refractivity contribution in [2.75, 3.05) is 20.2 Å². The van der Waals surface area contributed by atoms with E-state index in [1.165, 1.54) is 7.11 Å². The van der Waals surface area contributed by atoms with Crippen LogP contribution in [0.1, 0.15) is 20.7 Å². The highest BCUT2D eigenvalue weighted by Crippen LogP contribution is 2.27. The van der Waals surface area contributed by atoms with E-state index in [1.807, 2.05) is 24.3 Å². The highest BCUT2D eigenvalue weighted by molar-refractivity contribution is 6.23. The molecule has 0 fully saturated rings. The molecule has 0 radical (unpaired) electrons. The van der Waals surface area contributed by atoms with E-state index in [9.17, 15) is 14.4 Å². The number of amides is 3. The van der Waals surface area contributed by atoms with Crippen molar-refractivity contribution in [2.24, 2.45) is 0 Å². The van der Waals surface area contributed by atoms with E-state index in [0.717, 1.165) is 15.7 Å². The number of nitrogens with one attached hydrogen (secondary N) is 1. The highest BCUT2D eigenvalue weighted by atomic mass is 16.5. The maximum atomic E-state index is 12.4. The van der Waals surface area contributed by atoms with E-state index < -0.39 is 6.09 Å². The minimum Gasteiger partial charge on any atom is -0.453 e. The Labute approximate surface area is 126 Å². The lowest BCUT2D eigenvalue weighted by atomic mass is 10.0. The zero-order valence-corrected chi connectivity index (χ0v) is 12.0. The molecule has 0 saturated heterocycles. The number of alkyl carbamates (subject to hydrolysis) is 1. The van der Waals surface area contributed by atoms with Gasteiger partial charge >= 0.3 is 6.09 Å². The van der Waals surface area contributed by atoms with Crippen LogP contribution < -0.4 is 5.32 Å². The van der Waals surface area contributed by atoms with Crippen LogP contribution in [0.15, 0.2) is 36.4 Å². The smallest absolute Gasteiger partial charge is 0.406 e. The second-order valence-corrected chi connectivity index (χ2v) is 4.93. The Bertz CT molecular complexity index is 730. The van der Waals surface area contributed by atoms with Gasteiger partial charge in [-0.2, -0.15) is 0 Å². The van der Waals surface area contributed by atoms with Crippen molar-refractivity contribution in [3.8, 4) is 0 Å². The third-order valence-electron chi connectivity index (χ3n) is 3.63. The Morgan fingerprint density at radius 2 is 1.64 bits per heavy atom. The summed E-state index contributed by atoms with van der Waals surface area (Å²) < 4.78 is 4.44. The Morgan fingerprint density at radius 3 is 2.14 bits per heavy atom. The first kappa shape index (κ1) is 14.1. The van der Waals surface area contributed by atoms with Crippen molar-refractivity contribution in [2.45, 2.75) is 0 Å². The van der Waals surface area contributed by atoms with Crippen molar-refractivity contribution in [3.63, 3.8) is 0 Å². The predicted molar refractivity (Wildman–Crippen MR) is 79.7 cm³/mol. The van der Waals surface area contributed by atoms with Gasteiger partial charge in [0.2, 0.25) is 0 Å². The van der Waals surface area contributed by atoms with Crippen LogP contribution in [0.4, 0.5) is 4.79 Å². The first-order chi connectivity index (χ1) is 10.6. The van der Waals surface area contributed by atoms with Crippen molar-refractivity contribution < 1.29 is 19.1 Å². The second-order valence-electron chi connectivity index (χ2n) is 4.93. The van der Waals surface area contributed by atoms with Gasteiger partial charge in [0, 0.05) is 13.1 Å². The van der Waals surface area contributed by atoms with E-state index >= 15 is 0 Å². The minimum atomic E-state index is -0.595. The Hall–Kier alpha value is -2.89. The maximum absolute atomic E-state index is 12.4. The first-order valence-electron chi connectivity index (χ1n) is 6.82. The van der Waals surface area contributed by atoms with Crippen LogP contribution in [-0.2, 0) is 4.74 Å². The molecule has 2 aromatic carbocycles. The molecule has 112 valence electrons. The summed E-state index contributed by atoms with van der Waals surface area (Å²) in [5.41, 5.74) is 0.809. The van der Waals surface area contributed by atoms with E-state index in [4.69, 9.17) is 0 Å². The number of nitrogens with zero attached hydrogens (tertiary/aromatic N) is 1. The molecule has 0 aromatic heterocycles. The van der Waals surface area contributed by atoms with Gasteiger partial charge in [-0.1, -0.05) is 24.3 Å². The molecule has 0 bridgehead atoms. The summed E-state index contributed by atoms with van der Waals surface area (Å²) in [5.74, 6) is -0.671. The molecule has 2 aromatic rings.